The van der Waals surface area contributed by atoms with E-state index in [4.69, 9.17) is 10.5 Å². The average molecular weight is 163 g/mol. The van der Waals surface area contributed by atoms with Crippen molar-refractivity contribution in [2.75, 3.05) is 19.5 Å². The first-order valence-corrected chi connectivity index (χ1v) is 4.34. The molecule has 0 aromatic heterocycles. The van der Waals surface area contributed by atoms with Crippen molar-refractivity contribution in [3.05, 3.63) is 0 Å². The Balaban J connectivity index is 0.000000371. The summed E-state index contributed by atoms with van der Waals surface area (Å²) in [6.45, 7) is 5.69. The lowest BCUT2D eigenvalue weighted by molar-refractivity contribution is 0.179. The fraction of sp³-hybridized carbons (Fsp3) is 1.00. The van der Waals surface area contributed by atoms with Gasteiger partial charge >= 0.3 is 0 Å². The van der Waals surface area contributed by atoms with Crippen LogP contribution in [0.5, 0.6) is 0 Å². The first-order valence-electron chi connectivity index (χ1n) is 3.44. The molecule has 10 heavy (non-hydrogen) atoms. The second-order valence-electron chi connectivity index (χ2n) is 2.92. The van der Waals surface area contributed by atoms with Crippen LogP contribution in [0.15, 0.2) is 0 Å². The summed E-state index contributed by atoms with van der Waals surface area (Å²) in [6.07, 6.45) is 1.69. The predicted octanol–water partition coefficient (Wildman–Crippen LogP) is 0.916. The van der Waals surface area contributed by atoms with Gasteiger partial charge in [0.15, 0.2) is 0 Å². The summed E-state index contributed by atoms with van der Waals surface area (Å²) in [5.74, 6) is 0.516. The van der Waals surface area contributed by atoms with Gasteiger partial charge in [-0.1, -0.05) is 6.92 Å². The molecule has 0 aromatic rings. The monoisotopic (exact) mass is 163 g/mol. The van der Waals surface area contributed by atoms with E-state index in [-0.39, 0.29) is 5.54 Å². The third-order valence-electron chi connectivity index (χ3n) is 1.91. The van der Waals surface area contributed by atoms with E-state index in [0.29, 0.717) is 12.5 Å². The van der Waals surface area contributed by atoms with Gasteiger partial charge in [-0.25, -0.2) is 0 Å². The van der Waals surface area contributed by atoms with Crippen molar-refractivity contribution in [1.82, 2.24) is 0 Å². The van der Waals surface area contributed by atoms with E-state index in [9.17, 15) is 0 Å². The van der Waals surface area contributed by atoms with Crippen LogP contribution in [-0.4, -0.2) is 25.0 Å². The van der Waals surface area contributed by atoms with Gasteiger partial charge in [0, 0.05) is 5.54 Å². The summed E-state index contributed by atoms with van der Waals surface area (Å²) in [7, 11) is 0. The summed E-state index contributed by atoms with van der Waals surface area (Å²) in [5, 5.41) is 0. The Morgan fingerprint density at radius 3 is 2.20 bits per heavy atom. The van der Waals surface area contributed by atoms with Gasteiger partial charge in [-0.2, -0.15) is 12.6 Å². The molecular formula is C7H17NOS. The fourth-order valence-electron chi connectivity index (χ4n) is 0.788. The van der Waals surface area contributed by atoms with Gasteiger partial charge in [0.2, 0.25) is 0 Å². The minimum atomic E-state index is -0.0694. The van der Waals surface area contributed by atoms with Crippen LogP contribution < -0.4 is 5.73 Å². The molecule has 0 aliphatic carbocycles. The van der Waals surface area contributed by atoms with Crippen LogP contribution in [0.2, 0.25) is 0 Å². The van der Waals surface area contributed by atoms with E-state index in [0.717, 1.165) is 6.61 Å². The van der Waals surface area contributed by atoms with Gasteiger partial charge in [-0.05, 0) is 19.1 Å². The van der Waals surface area contributed by atoms with Crippen molar-refractivity contribution < 1.29 is 4.74 Å². The summed E-state index contributed by atoms with van der Waals surface area (Å²) in [6, 6.07) is 0. The zero-order chi connectivity index (χ0) is 8.20. The number of ether oxygens (including phenoxy) is 1. The number of hydrogen-bond acceptors (Lipinski definition) is 3. The highest BCUT2D eigenvalue weighted by molar-refractivity contribution is 7.79. The molecule has 2 atom stereocenters. The molecule has 1 fully saturated rings. The fourth-order valence-corrected chi connectivity index (χ4v) is 0.788. The molecule has 1 aliphatic heterocycles. The van der Waals surface area contributed by atoms with Crippen LogP contribution in [0.3, 0.4) is 0 Å². The SMILES string of the molecule is CC1COCC1(C)N.CS. The van der Waals surface area contributed by atoms with Crippen molar-refractivity contribution in [2.45, 2.75) is 19.4 Å². The summed E-state index contributed by atoms with van der Waals surface area (Å²) < 4.78 is 5.15. The van der Waals surface area contributed by atoms with Crippen LogP contribution in [-0.2, 0) is 4.74 Å². The minimum Gasteiger partial charge on any atom is -0.379 e. The lowest BCUT2D eigenvalue weighted by atomic mass is 9.92. The highest BCUT2D eigenvalue weighted by Crippen LogP contribution is 2.20. The molecule has 1 saturated heterocycles. The Bertz CT molecular complexity index is 95.6. The Morgan fingerprint density at radius 1 is 1.60 bits per heavy atom. The largest absolute Gasteiger partial charge is 0.379 e. The van der Waals surface area contributed by atoms with Crippen molar-refractivity contribution >= 4 is 12.6 Å². The van der Waals surface area contributed by atoms with E-state index >= 15 is 0 Å². The van der Waals surface area contributed by atoms with E-state index < -0.39 is 0 Å². The quantitative estimate of drug-likeness (QED) is 0.521. The maximum atomic E-state index is 5.80. The molecule has 0 saturated carbocycles. The third-order valence-corrected chi connectivity index (χ3v) is 1.91. The second kappa shape index (κ2) is 4.21. The van der Waals surface area contributed by atoms with Crippen LogP contribution in [0.25, 0.3) is 0 Å². The third kappa shape index (κ3) is 2.48. The molecule has 1 aliphatic rings. The molecule has 0 radical (unpaired) electrons. The number of thiol groups is 1. The summed E-state index contributed by atoms with van der Waals surface area (Å²) in [4.78, 5) is 0. The van der Waals surface area contributed by atoms with Gasteiger partial charge in [-0.15, -0.1) is 0 Å². The van der Waals surface area contributed by atoms with Crippen molar-refractivity contribution in [3.8, 4) is 0 Å². The van der Waals surface area contributed by atoms with Gasteiger partial charge < -0.3 is 10.5 Å². The van der Waals surface area contributed by atoms with E-state index in [2.05, 4.69) is 19.6 Å². The molecule has 1 heterocycles. The Morgan fingerprint density at radius 2 is 2.10 bits per heavy atom. The van der Waals surface area contributed by atoms with Crippen molar-refractivity contribution in [1.29, 1.82) is 0 Å². The zero-order valence-electron chi connectivity index (χ0n) is 6.92. The molecule has 2 nitrogen and oxygen atoms in total. The van der Waals surface area contributed by atoms with Gasteiger partial charge in [0.25, 0.3) is 0 Å². The highest BCUT2D eigenvalue weighted by Gasteiger charge is 2.32. The Hall–Kier alpha value is 0.270. The Kier molecular flexibility index (Phi) is 4.32. The topological polar surface area (TPSA) is 35.2 Å². The predicted molar refractivity (Wildman–Crippen MR) is 47.5 cm³/mol. The summed E-state index contributed by atoms with van der Waals surface area (Å²) in [5.41, 5.74) is 5.73. The second-order valence-corrected chi connectivity index (χ2v) is 2.92. The van der Waals surface area contributed by atoms with E-state index in [1.165, 1.54) is 0 Å². The first-order chi connectivity index (χ1) is 4.63. The molecule has 1 rings (SSSR count). The Labute approximate surface area is 68.5 Å². The lowest BCUT2D eigenvalue weighted by Crippen LogP contribution is -2.42. The van der Waals surface area contributed by atoms with Crippen molar-refractivity contribution in [2.24, 2.45) is 11.7 Å². The molecule has 2 unspecified atom stereocenters. The summed E-state index contributed by atoms with van der Waals surface area (Å²) >= 11 is 3.53. The van der Waals surface area contributed by atoms with Gasteiger partial charge in [0.1, 0.15) is 0 Å². The average Bonchev–Trinajstić information content (AvgIpc) is 2.17. The highest BCUT2D eigenvalue weighted by atomic mass is 32.1. The van der Waals surface area contributed by atoms with E-state index in [1.807, 2.05) is 6.92 Å². The number of hydrogen-bond donors (Lipinski definition) is 2. The molecular weight excluding hydrogens is 146 g/mol. The first kappa shape index (κ1) is 10.3. The molecule has 62 valence electrons. The van der Waals surface area contributed by atoms with Crippen LogP contribution in [0.1, 0.15) is 13.8 Å². The minimum absolute atomic E-state index is 0.0694. The maximum absolute atomic E-state index is 5.80. The zero-order valence-corrected chi connectivity index (χ0v) is 7.82. The van der Waals surface area contributed by atoms with Crippen LogP contribution >= 0.6 is 12.6 Å². The smallest absolute Gasteiger partial charge is 0.0647 e. The van der Waals surface area contributed by atoms with Gasteiger partial charge in [0.05, 0.1) is 13.2 Å². The molecule has 0 amide bonds. The van der Waals surface area contributed by atoms with Crippen LogP contribution in [0.4, 0.5) is 0 Å². The van der Waals surface area contributed by atoms with Crippen molar-refractivity contribution in [3.63, 3.8) is 0 Å². The molecule has 3 heteroatoms. The van der Waals surface area contributed by atoms with Crippen LogP contribution in [0, 0.1) is 5.92 Å². The lowest BCUT2D eigenvalue weighted by Gasteiger charge is -2.19. The van der Waals surface area contributed by atoms with E-state index in [1.54, 1.807) is 6.26 Å². The molecule has 0 spiro atoms. The number of nitrogens with two attached hydrogens (primary N) is 1. The molecule has 0 aromatic carbocycles. The van der Waals surface area contributed by atoms with Gasteiger partial charge in [-0.3, -0.25) is 0 Å². The normalized spacial score (nSPS) is 38.7. The molecule has 0 bridgehead atoms. The maximum Gasteiger partial charge on any atom is 0.0647 e. The number of rotatable bonds is 0. The molecule has 2 N–H and O–H groups in total. The standard InChI is InChI=1S/C6H13NO.CH4S/c1-5-3-8-4-6(5,2)7;1-2/h5H,3-4,7H2,1-2H3;2H,1H3.